The molecule has 0 saturated heterocycles. The van der Waals surface area contributed by atoms with E-state index in [9.17, 15) is 9.59 Å². The fraction of sp³-hybridized carbons (Fsp3) is 0.136. The number of anilines is 1. The van der Waals surface area contributed by atoms with E-state index in [1.165, 1.54) is 0 Å². The number of carbonyl (C=O) groups excluding carboxylic acids is 2. The van der Waals surface area contributed by atoms with Crippen LogP contribution < -0.4 is 5.32 Å². The van der Waals surface area contributed by atoms with E-state index < -0.39 is 5.91 Å². The molecule has 0 aliphatic heterocycles. The zero-order valence-corrected chi connectivity index (χ0v) is 17.2. The van der Waals surface area contributed by atoms with Crippen molar-refractivity contribution >= 4 is 57.7 Å². The van der Waals surface area contributed by atoms with Gasteiger partial charge in [0.15, 0.2) is 0 Å². The number of ether oxygens (including phenoxy) is 1. The highest BCUT2D eigenvalue weighted by molar-refractivity contribution is 6.40. The number of nitrogens with zero attached hydrogens (tertiary/aromatic N) is 1. The van der Waals surface area contributed by atoms with Crippen LogP contribution in [0.1, 0.15) is 28.5 Å². The van der Waals surface area contributed by atoms with Gasteiger partial charge in [0, 0.05) is 5.39 Å². The number of halogens is 2. The molecule has 1 amide bonds. The van der Waals surface area contributed by atoms with Crippen LogP contribution in [0.4, 0.5) is 5.69 Å². The van der Waals surface area contributed by atoms with Crippen molar-refractivity contribution in [2.45, 2.75) is 13.3 Å². The zero-order valence-electron chi connectivity index (χ0n) is 15.7. The monoisotopic (exact) mass is 428 g/mol. The second kappa shape index (κ2) is 9.07. The van der Waals surface area contributed by atoms with Gasteiger partial charge in [-0.25, -0.2) is 4.98 Å². The Morgan fingerprint density at radius 2 is 1.86 bits per heavy atom. The van der Waals surface area contributed by atoms with Gasteiger partial charge in [0.1, 0.15) is 0 Å². The summed E-state index contributed by atoms with van der Waals surface area (Å²) in [6, 6.07) is 12.1. The summed E-state index contributed by atoms with van der Waals surface area (Å²) in [5.74, 6) is -0.832. The Hall–Kier alpha value is -2.89. The third-order valence-electron chi connectivity index (χ3n) is 4.23. The minimum absolute atomic E-state index is 0.00373. The van der Waals surface area contributed by atoms with E-state index >= 15 is 0 Å². The minimum Gasteiger partial charge on any atom is -0.466 e. The van der Waals surface area contributed by atoms with Crippen LogP contribution in [0.15, 0.2) is 49.0 Å². The van der Waals surface area contributed by atoms with Gasteiger partial charge in [-0.1, -0.05) is 54.1 Å². The molecule has 7 heteroatoms. The summed E-state index contributed by atoms with van der Waals surface area (Å²) in [4.78, 5) is 29.3. The Morgan fingerprint density at radius 3 is 2.52 bits per heavy atom. The number of hydrogen-bond acceptors (Lipinski definition) is 4. The van der Waals surface area contributed by atoms with Gasteiger partial charge in [0.25, 0.3) is 5.91 Å². The molecular weight excluding hydrogens is 411 g/mol. The highest BCUT2D eigenvalue weighted by Gasteiger charge is 2.17. The summed E-state index contributed by atoms with van der Waals surface area (Å²) in [5, 5.41) is 4.10. The Labute approximate surface area is 178 Å². The third-order valence-corrected chi connectivity index (χ3v) is 4.86. The molecule has 0 radical (unpaired) electrons. The van der Waals surface area contributed by atoms with Crippen LogP contribution in [-0.4, -0.2) is 23.5 Å². The van der Waals surface area contributed by atoms with E-state index in [1.54, 1.807) is 43.3 Å². The highest BCUT2D eigenvalue weighted by atomic mass is 35.5. The SMILES string of the molecule is C=Cc1cc2cccc(NC(=O)c3c(Cl)cccc3Cl)c2nc1CC(=O)OCC. The molecule has 3 rings (SSSR count). The Morgan fingerprint density at radius 1 is 1.17 bits per heavy atom. The van der Waals surface area contributed by atoms with Gasteiger partial charge in [0.05, 0.1) is 45.5 Å². The molecule has 0 bridgehead atoms. The average molecular weight is 429 g/mol. The molecule has 3 aromatic rings. The molecule has 0 fully saturated rings. The van der Waals surface area contributed by atoms with Gasteiger partial charge in [-0.3, -0.25) is 9.59 Å². The van der Waals surface area contributed by atoms with E-state index in [4.69, 9.17) is 27.9 Å². The van der Waals surface area contributed by atoms with E-state index in [-0.39, 0.29) is 34.6 Å². The predicted molar refractivity (Wildman–Crippen MR) is 117 cm³/mol. The van der Waals surface area contributed by atoms with Crippen LogP contribution in [0.25, 0.3) is 17.0 Å². The molecule has 0 saturated carbocycles. The van der Waals surface area contributed by atoms with Crippen LogP contribution in [0, 0.1) is 0 Å². The molecule has 0 aliphatic carbocycles. The number of nitrogens with one attached hydrogen (secondary N) is 1. The Bertz CT molecular complexity index is 1090. The van der Waals surface area contributed by atoms with Gasteiger partial charge in [-0.05, 0) is 36.8 Å². The number of aromatic nitrogens is 1. The maximum atomic E-state index is 12.8. The maximum absolute atomic E-state index is 12.8. The number of hydrogen-bond donors (Lipinski definition) is 1. The van der Waals surface area contributed by atoms with Crippen molar-refractivity contribution in [1.82, 2.24) is 4.98 Å². The van der Waals surface area contributed by atoms with E-state index in [0.29, 0.717) is 16.9 Å². The number of para-hydroxylation sites is 1. The van der Waals surface area contributed by atoms with E-state index in [0.717, 1.165) is 10.9 Å². The molecule has 0 aliphatic rings. The highest BCUT2D eigenvalue weighted by Crippen LogP contribution is 2.28. The van der Waals surface area contributed by atoms with Crippen molar-refractivity contribution in [3.05, 3.63) is 75.9 Å². The lowest BCUT2D eigenvalue weighted by atomic mass is 10.1. The minimum atomic E-state index is -0.449. The summed E-state index contributed by atoms with van der Waals surface area (Å²) in [6.45, 7) is 5.82. The molecule has 5 nitrogen and oxygen atoms in total. The average Bonchev–Trinajstić information content (AvgIpc) is 2.68. The summed E-state index contributed by atoms with van der Waals surface area (Å²) in [6.07, 6.45) is 1.64. The molecule has 0 unspecified atom stereocenters. The lowest BCUT2D eigenvalue weighted by Gasteiger charge is -2.13. The first-order valence-electron chi connectivity index (χ1n) is 8.90. The normalized spacial score (nSPS) is 10.6. The third kappa shape index (κ3) is 4.58. The molecule has 29 heavy (non-hydrogen) atoms. The largest absolute Gasteiger partial charge is 0.466 e. The van der Waals surface area contributed by atoms with Crippen molar-refractivity contribution < 1.29 is 14.3 Å². The molecule has 1 aromatic heterocycles. The summed E-state index contributed by atoms with van der Waals surface area (Å²) >= 11 is 12.3. The smallest absolute Gasteiger partial charge is 0.311 e. The van der Waals surface area contributed by atoms with Crippen LogP contribution in [-0.2, 0) is 16.0 Å². The van der Waals surface area contributed by atoms with Gasteiger partial charge in [-0.2, -0.15) is 0 Å². The fourth-order valence-corrected chi connectivity index (χ4v) is 3.49. The van der Waals surface area contributed by atoms with Crippen molar-refractivity contribution in [2.24, 2.45) is 0 Å². The predicted octanol–water partition coefficient (Wildman–Crippen LogP) is 5.54. The van der Waals surface area contributed by atoms with Crippen molar-refractivity contribution in [1.29, 1.82) is 0 Å². The molecule has 2 aromatic carbocycles. The second-order valence-corrected chi connectivity index (χ2v) is 6.95. The molecule has 1 N–H and O–H groups in total. The number of carbonyl (C=O) groups is 2. The van der Waals surface area contributed by atoms with Crippen LogP contribution in [0.2, 0.25) is 10.0 Å². The first-order valence-corrected chi connectivity index (χ1v) is 9.66. The Balaban J connectivity index is 2.03. The summed E-state index contributed by atoms with van der Waals surface area (Å²) in [7, 11) is 0. The number of rotatable bonds is 6. The van der Waals surface area contributed by atoms with Crippen LogP contribution in [0.5, 0.6) is 0 Å². The fourth-order valence-electron chi connectivity index (χ4n) is 2.92. The molecule has 1 heterocycles. The van der Waals surface area contributed by atoms with Crippen LogP contribution >= 0.6 is 23.2 Å². The number of amides is 1. The summed E-state index contributed by atoms with van der Waals surface area (Å²) < 4.78 is 5.02. The number of fused-ring (bicyclic) bond motifs is 1. The van der Waals surface area contributed by atoms with Crippen LogP contribution in [0.3, 0.4) is 0 Å². The number of esters is 1. The van der Waals surface area contributed by atoms with E-state index in [2.05, 4.69) is 16.9 Å². The molecular formula is C22H18Cl2N2O3. The first-order chi connectivity index (χ1) is 13.9. The molecule has 0 atom stereocenters. The van der Waals surface area contributed by atoms with Gasteiger partial charge >= 0.3 is 5.97 Å². The maximum Gasteiger partial charge on any atom is 0.311 e. The lowest BCUT2D eigenvalue weighted by molar-refractivity contribution is -0.142. The second-order valence-electron chi connectivity index (χ2n) is 6.14. The standard InChI is InChI=1S/C22H18Cl2N2O3/c1-3-13-11-14-7-5-10-17(21(14)25-18(13)12-19(27)29-4-2)26-22(28)20-15(23)8-6-9-16(20)24/h3,5-11H,1,4,12H2,2H3,(H,26,28). The topological polar surface area (TPSA) is 68.3 Å². The van der Waals surface area contributed by atoms with Crippen molar-refractivity contribution in [3.8, 4) is 0 Å². The van der Waals surface area contributed by atoms with E-state index in [1.807, 2.05) is 12.1 Å². The molecule has 0 spiro atoms. The zero-order chi connectivity index (χ0) is 21.0. The summed E-state index contributed by atoms with van der Waals surface area (Å²) in [5.41, 5.74) is 2.44. The van der Waals surface area contributed by atoms with Gasteiger partial charge < -0.3 is 10.1 Å². The van der Waals surface area contributed by atoms with Crippen molar-refractivity contribution in [3.63, 3.8) is 0 Å². The van der Waals surface area contributed by atoms with Gasteiger partial charge in [-0.15, -0.1) is 0 Å². The first kappa shape index (κ1) is 20.8. The van der Waals surface area contributed by atoms with Crippen molar-refractivity contribution in [2.75, 3.05) is 11.9 Å². The van der Waals surface area contributed by atoms with Gasteiger partial charge in [0.2, 0.25) is 0 Å². The number of pyridine rings is 1. The molecule has 148 valence electrons. The number of benzene rings is 2. The Kier molecular flexibility index (Phi) is 6.52. The lowest BCUT2D eigenvalue weighted by Crippen LogP contribution is -2.14. The quantitative estimate of drug-likeness (QED) is 0.523.